The second kappa shape index (κ2) is 7.79. The van der Waals surface area contributed by atoms with E-state index in [0.717, 1.165) is 12.1 Å². The molecular weight excluding hydrogens is 327 g/mol. The molecule has 1 fully saturated rings. The van der Waals surface area contributed by atoms with Crippen molar-refractivity contribution in [2.75, 3.05) is 18.4 Å². The van der Waals surface area contributed by atoms with Crippen LogP contribution in [0.25, 0.3) is 10.9 Å². The van der Waals surface area contributed by atoms with E-state index >= 15 is 0 Å². The van der Waals surface area contributed by atoms with Crippen molar-refractivity contribution in [2.24, 2.45) is 0 Å². The monoisotopic (exact) mass is 350 g/mol. The Bertz CT molecular complexity index is 890. The van der Waals surface area contributed by atoms with Gasteiger partial charge in [-0.3, -0.25) is 4.90 Å². The van der Waals surface area contributed by atoms with Gasteiger partial charge in [0.2, 0.25) is 0 Å². The Morgan fingerprint density at radius 2 is 1.77 bits per heavy atom. The fourth-order valence-corrected chi connectivity index (χ4v) is 3.59. The number of likely N-dealkylation sites (tertiary alicyclic amines) is 1. The van der Waals surface area contributed by atoms with E-state index in [2.05, 4.69) is 44.5 Å². The van der Waals surface area contributed by atoms with Gasteiger partial charge in [0.05, 0.1) is 5.52 Å². The smallest absolute Gasteiger partial charge is 0.137 e. The normalized spacial score (nSPS) is 15.3. The first-order chi connectivity index (χ1) is 12.8. The molecule has 0 atom stereocenters. The van der Waals surface area contributed by atoms with Crippen molar-refractivity contribution < 1.29 is 4.39 Å². The Morgan fingerprint density at radius 3 is 2.62 bits per heavy atom. The van der Waals surface area contributed by atoms with Gasteiger partial charge in [0.25, 0.3) is 0 Å². The minimum Gasteiger partial charge on any atom is -0.365 e. The molecule has 1 aliphatic rings. The summed E-state index contributed by atoms with van der Waals surface area (Å²) >= 11 is 0. The zero-order valence-electron chi connectivity index (χ0n) is 14.8. The van der Waals surface area contributed by atoms with Gasteiger partial charge in [-0.1, -0.05) is 30.7 Å². The molecule has 0 unspecified atom stereocenters. The first kappa shape index (κ1) is 16.9. The molecule has 4 rings (SSSR count). The molecule has 0 bridgehead atoms. The third-order valence-electron chi connectivity index (χ3n) is 5.00. The summed E-state index contributed by atoms with van der Waals surface area (Å²) in [7, 11) is 0. The van der Waals surface area contributed by atoms with E-state index in [-0.39, 0.29) is 5.82 Å². The van der Waals surface area contributed by atoms with Gasteiger partial charge in [-0.05, 0) is 55.3 Å². The van der Waals surface area contributed by atoms with E-state index in [1.165, 1.54) is 61.9 Å². The number of fused-ring (bicyclic) bond motifs is 1. The second-order valence-electron chi connectivity index (χ2n) is 6.84. The lowest BCUT2D eigenvalue weighted by Gasteiger charge is -2.27. The Labute approximate surface area is 153 Å². The van der Waals surface area contributed by atoms with Crippen LogP contribution < -0.4 is 5.32 Å². The van der Waals surface area contributed by atoms with E-state index in [4.69, 9.17) is 0 Å². The highest BCUT2D eigenvalue weighted by Crippen LogP contribution is 2.22. The summed E-state index contributed by atoms with van der Waals surface area (Å²) in [5.41, 5.74) is 3.33. The summed E-state index contributed by atoms with van der Waals surface area (Å²) in [5.74, 6) is 0.392. The van der Waals surface area contributed by atoms with Crippen LogP contribution in [0.2, 0.25) is 0 Å². The number of anilines is 1. The average Bonchev–Trinajstić information content (AvgIpc) is 2.68. The van der Waals surface area contributed by atoms with Gasteiger partial charge in [-0.25, -0.2) is 14.4 Å². The van der Waals surface area contributed by atoms with Crippen molar-refractivity contribution in [1.82, 2.24) is 14.9 Å². The van der Waals surface area contributed by atoms with Crippen molar-refractivity contribution in [3.63, 3.8) is 0 Å². The number of nitrogens with zero attached hydrogens (tertiary/aromatic N) is 3. The maximum absolute atomic E-state index is 13.6. The molecule has 0 aliphatic carbocycles. The van der Waals surface area contributed by atoms with Crippen molar-refractivity contribution in [3.05, 3.63) is 65.7 Å². The van der Waals surface area contributed by atoms with Crippen LogP contribution in [0, 0.1) is 5.82 Å². The van der Waals surface area contributed by atoms with E-state index in [0.29, 0.717) is 17.7 Å². The summed E-state index contributed by atoms with van der Waals surface area (Å²) in [6.07, 6.45) is 5.44. The van der Waals surface area contributed by atoms with E-state index in [9.17, 15) is 4.39 Å². The fraction of sp³-hybridized carbons (Fsp3) is 0.333. The second-order valence-corrected chi connectivity index (χ2v) is 6.84. The van der Waals surface area contributed by atoms with Gasteiger partial charge >= 0.3 is 0 Å². The first-order valence-electron chi connectivity index (χ1n) is 9.23. The van der Waals surface area contributed by atoms with Gasteiger partial charge in [0.1, 0.15) is 18.0 Å². The van der Waals surface area contributed by atoms with Crippen LogP contribution in [0.3, 0.4) is 0 Å². The molecule has 1 saturated heterocycles. The zero-order valence-corrected chi connectivity index (χ0v) is 14.8. The molecule has 5 heteroatoms. The highest BCUT2D eigenvalue weighted by Gasteiger charge is 2.13. The van der Waals surface area contributed by atoms with Crippen LogP contribution >= 0.6 is 0 Å². The quantitative estimate of drug-likeness (QED) is 0.742. The van der Waals surface area contributed by atoms with Crippen LogP contribution in [0.5, 0.6) is 0 Å². The van der Waals surface area contributed by atoms with Gasteiger partial charge in [-0.2, -0.15) is 0 Å². The van der Waals surface area contributed by atoms with Gasteiger partial charge < -0.3 is 5.32 Å². The summed E-state index contributed by atoms with van der Waals surface area (Å²) in [6.45, 7) is 4.00. The largest absolute Gasteiger partial charge is 0.365 e. The van der Waals surface area contributed by atoms with Crippen LogP contribution in [-0.2, 0) is 13.1 Å². The van der Waals surface area contributed by atoms with E-state index in [1.54, 1.807) is 6.07 Å². The summed E-state index contributed by atoms with van der Waals surface area (Å²) < 4.78 is 13.6. The molecule has 2 aromatic carbocycles. The third kappa shape index (κ3) is 3.83. The van der Waals surface area contributed by atoms with Crippen molar-refractivity contribution in [2.45, 2.75) is 32.4 Å². The molecule has 4 nitrogen and oxygen atoms in total. The minimum atomic E-state index is -0.277. The van der Waals surface area contributed by atoms with Crippen LogP contribution in [0.1, 0.15) is 30.4 Å². The summed E-state index contributed by atoms with van der Waals surface area (Å²) in [6, 6.07) is 13.1. The topological polar surface area (TPSA) is 41.1 Å². The highest BCUT2D eigenvalue weighted by atomic mass is 19.1. The number of aromatic nitrogens is 2. The molecule has 0 saturated carbocycles. The fourth-order valence-electron chi connectivity index (χ4n) is 3.59. The standard InChI is InChI=1S/C21H23FN4/c22-18-8-9-20-19(12-18)21(25-15-24-20)23-13-16-6-2-3-7-17(16)14-26-10-4-1-5-11-26/h2-3,6-9,12,15H,1,4-5,10-11,13-14H2,(H,23,24,25). The molecule has 0 amide bonds. The van der Waals surface area contributed by atoms with Crippen molar-refractivity contribution >= 4 is 16.7 Å². The lowest BCUT2D eigenvalue weighted by atomic mass is 10.0. The van der Waals surface area contributed by atoms with E-state index in [1.807, 2.05) is 0 Å². The minimum absolute atomic E-state index is 0.277. The predicted octanol–water partition coefficient (Wildman–Crippen LogP) is 4.37. The molecular formula is C21H23FN4. The third-order valence-corrected chi connectivity index (χ3v) is 5.00. The SMILES string of the molecule is Fc1ccc2ncnc(NCc3ccccc3CN3CCCCC3)c2c1. The van der Waals surface area contributed by atoms with Crippen LogP contribution in [0.4, 0.5) is 10.2 Å². The molecule has 1 N–H and O–H groups in total. The maximum atomic E-state index is 13.6. The number of hydrogen-bond acceptors (Lipinski definition) is 4. The molecule has 134 valence electrons. The number of nitrogens with one attached hydrogen (secondary N) is 1. The highest BCUT2D eigenvalue weighted by molar-refractivity contribution is 5.88. The van der Waals surface area contributed by atoms with Crippen molar-refractivity contribution in [1.29, 1.82) is 0 Å². The molecule has 0 spiro atoms. The Morgan fingerprint density at radius 1 is 0.962 bits per heavy atom. The average molecular weight is 350 g/mol. The van der Waals surface area contributed by atoms with Gasteiger partial charge in [-0.15, -0.1) is 0 Å². The van der Waals surface area contributed by atoms with Gasteiger partial charge in [0, 0.05) is 18.5 Å². The zero-order chi connectivity index (χ0) is 17.8. The Balaban J connectivity index is 1.52. The van der Waals surface area contributed by atoms with Gasteiger partial charge in [0.15, 0.2) is 0 Å². The molecule has 26 heavy (non-hydrogen) atoms. The van der Waals surface area contributed by atoms with E-state index < -0.39 is 0 Å². The number of piperidine rings is 1. The van der Waals surface area contributed by atoms with Crippen LogP contribution in [-0.4, -0.2) is 28.0 Å². The molecule has 0 radical (unpaired) electrons. The molecule has 1 aromatic heterocycles. The molecule has 2 heterocycles. The first-order valence-corrected chi connectivity index (χ1v) is 9.23. The summed E-state index contributed by atoms with van der Waals surface area (Å²) in [5, 5.41) is 4.08. The number of hydrogen-bond donors (Lipinski definition) is 1. The van der Waals surface area contributed by atoms with Crippen molar-refractivity contribution in [3.8, 4) is 0 Å². The Hall–Kier alpha value is -2.53. The number of rotatable bonds is 5. The maximum Gasteiger partial charge on any atom is 0.137 e. The lowest BCUT2D eigenvalue weighted by molar-refractivity contribution is 0.220. The molecule has 1 aliphatic heterocycles. The number of halogens is 1. The number of benzene rings is 2. The van der Waals surface area contributed by atoms with Crippen LogP contribution in [0.15, 0.2) is 48.8 Å². The Kier molecular flexibility index (Phi) is 5.07. The predicted molar refractivity (Wildman–Crippen MR) is 102 cm³/mol. The molecule has 3 aromatic rings. The summed E-state index contributed by atoms with van der Waals surface area (Å²) in [4.78, 5) is 11.0. The lowest BCUT2D eigenvalue weighted by Crippen LogP contribution is -2.29.